The van der Waals surface area contributed by atoms with Crippen molar-refractivity contribution >= 4 is 16.8 Å². The number of benzene rings is 3. The summed E-state index contributed by atoms with van der Waals surface area (Å²) < 4.78 is 0. The summed E-state index contributed by atoms with van der Waals surface area (Å²) in [6.45, 7) is 5.05. The van der Waals surface area contributed by atoms with Gasteiger partial charge in [0.05, 0.1) is 6.04 Å². The maximum Gasteiger partial charge on any atom is 0.315 e. The summed E-state index contributed by atoms with van der Waals surface area (Å²) in [5.41, 5.74) is 2.50. The average molecular weight is 388 g/mol. The lowest BCUT2D eigenvalue weighted by molar-refractivity contribution is 0.186. The largest absolute Gasteiger partial charge is 0.335 e. The van der Waals surface area contributed by atoms with E-state index in [2.05, 4.69) is 76.2 Å². The van der Waals surface area contributed by atoms with Gasteiger partial charge in [-0.2, -0.15) is 0 Å². The summed E-state index contributed by atoms with van der Waals surface area (Å²) >= 11 is 0. The first kappa shape index (κ1) is 19.5. The molecule has 1 atom stereocenters. The number of hydrogen-bond donors (Lipinski definition) is 2. The predicted molar refractivity (Wildman–Crippen MR) is 119 cm³/mol. The standard InChI is InChI=1S/C25H29N3O/c1-19(23-13-7-11-21-10-5-6-12-24(21)23)26-25(29)27-22-14-16-28(17-15-22)18-20-8-3-2-4-9-20/h2-13,19,22H,14-18H2,1H3,(H2,26,27,29). The van der Waals surface area contributed by atoms with Crippen molar-refractivity contribution in [2.45, 2.75) is 38.4 Å². The molecule has 150 valence electrons. The number of urea groups is 1. The molecule has 1 fully saturated rings. The summed E-state index contributed by atoms with van der Waals surface area (Å²) in [5.74, 6) is 0. The van der Waals surface area contributed by atoms with Crippen molar-refractivity contribution in [3.05, 3.63) is 83.9 Å². The van der Waals surface area contributed by atoms with Crippen molar-refractivity contribution in [3.8, 4) is 0 Å². The van der Waals surface area contributed by atoms with Gasteiger partial charge in [-0.1, -0.05) is 72.8 Å². The molecule has 3 aromatic carbocycles. The summed E-state index contributed by atoms with van der Waals surface area (Å²) in [5, 5.41) is 8.69. The molecule has 0 spiro atoms. The third-order valence-corrected chi connectivity index (χ3v) is 5.81. The number of hydrogen-bond acceptors (Lipinski definition) is 2. The summed E-state index contributed by atoms with van der Waals surface area (Å²) in [6, 6.07) is 25.3. The van der Waals surface area contributed by atoms with Crippen LogP contribution in [0.15, 0.2) is 72.8 Å². The molecule has 0 aromatic heterocycles. The van der Waals surface area contributed by atoms with Gasteiger partial charge >= 0.3 is 6.03 Å². The molecule has 1 aliphatic rings. The van der Waals surface area contributed by atoms with Crippen LogP contribution in [-0.2, 0) is 6.54 Å². The fourth-order valence-corrected chi connectivity index (χ4v) is 4.21. The molecule has 1 heterocycles. The summed E-state index contributed by atoms with van der Waals surface area (Å²) in [7, 11) is 0. The normalized spacial score (nSPS) is 16.4. The Hall–Kier alpha value is -2.85. The smallest absolute Gasteiger partial charge is 0.315 e. The molecule has 2 N–H and O–H groups in total. The van der Waals surface area contributed by atoms with E-state index in [0.29, 0.717) is 0 Å². The Kier molecular flexibility index (Phi) is 6.11. The monoisotopic (exact) mass is 387 g/mol. The van der Waals surface area contributed by atoms with Crippen molar-refractivity contribution in [2.24, 2.45) is 0 Å². The minimum absolute atomic E-state index is 0.0423. The van der Waals surface area contributed by atoms with Crippen molar-refractivity contribution in [3.63, 3.8) is 0 Å². The number of carbonyl (C=O) groups is 1. The van der Waals surface area contributed by atoms with E-state index in [4.69, 9.17) is 0 Å². The van der Waals surface area contributed by atoms with Crippen LogP contribution in [0.5, 0.6) is 0 Å². The first-order chi connectivity index (χ1) is 14.2. The molecule has 0 aliphatic carbocycles. The van der Waals surface area contributed by atoms with E-state index in [1.165, 1.54) is 16.3 Å². The first-order valence-corrected chi connectivity index (χ1v) is 10.5. The van der Waals surface area contributed by atoms with Gasteiger partial charge in [-0.15, -0.1) is 0 Å². The van der Waals surface area contributed by atoms with Crippen molar-refractivity contribution in [1.29, 1.82) is 0 Å². The van der Waals surface area contributed by atoms with Gasteiger partial charge in [0.15, 0.2) is 0 Å². The topological polar surface area (TPSA) is 44.4 Å². The Balaban J connectivity index is 1.28. The molecule has 1 unspecified atom stereocenters. The highest BCUT2D eigenvalue weighted by molar-refractivity contribution is 5.86. The molecule has 29 heavy (non-hydrogen) atoms. The van der Waals surface area contributed by atoms with Crippen LogP contribution in [0.1, 0.15) is 36.9 Å². The maximum absolute atomic E-state index is 12.6. The van der Waals surface area contributed by atoms with Crippen molar-refractivity contribution in [1.82, 2.24) is 15.5 Å². The number of piperidine rings is 1. The second kappa shape index (κ2) is 9.10. The molecule has 4 nitrogen and oxygen atoms in total. The van der Waals surface area contributed by atoms with E-state index in [-0.39, 0.29) is 18.1 Å². The van der Waals surface area contributed by atoms with E-state index in [0.717, 1.165) is 38.0 Å². The first-order valence-electron chi connectivity index (χ1n) is 10.5. The van der Waals surface area contributed by atoms with Gasteiger partial charge in [-0.25, -0.2) is 4.79 Å². The van der Waals surface area contributed by atoms with Gasteiger partial charge < -0.3 is 10.6 Å². The van der Waals surface area contributed by atoms with Gasteiger partial charge in [0.2, 0.25) is 0 Å². The Morgan fingerprint density at radius 1 is 0.966 bits per heavy atom. The predicted octanol–water partition coefficient (Wildman–Crippen LogP) is 4.86. The molecule has 0 saturated carbocycles. The SMILES string of the molecule is CC(NC(=O)NC1CCN(Cc2ccccc2)CC1)c1cccc2ccccc12. The third kappa shape index (κ3) is 4.96. The Labute approximate surface area is 172 Å². The molecule has 3 aromatic rings. The Morgan fingerprint density at radius 2 is 1.66 bits per heavy atom. The lowest BCUT2D eigenvalue weighted by atomic mass is 10.00. The van der Waals surface area contributed by atoms with Crippen LogP contribution in [-0.4, -0.2) is 30.1 Å². The van der Waals surface area contributed by atoms with Gasteiger partial charge in [0.25, 0.3) is 0 Å². The molecule has 4 rings (SSSR count). The molecular weight excluding hydrogens is 358 g/mol. The van der Waals surface area contributed by atoms with E-state index >= 15 is 0 Å². The zero-order valence-electron chi connectivity index (χ0n) is 17.0. The molecule has 2 amide bonds. The minimum Gasteiger partial charge on any atom is -0.335 e. The molecular formula is C25H29N3O. The molecule has 0 radical (unpaired) electrons. The number of nitrogens with zero attached hydrogens (tertiary/aromatic N) is 1. The fraction of sp³-hybridized carbons (Fsp3) is 0.320. The van der Waals surface area contributed by atoms with Crippen LogP contribution < -0.4 is 10.6 Å². The summed E-state index contributed by atoms with van der Waals surface area (Å²) in [4.78, 5) is 15.0. The molecule has 0 bridgehead atoms. The van der Waals surface area contributed by atoms with Crippen LogP contribution in [0.25, 0.3) is 10.8 Å². The third-order valence-electron chi connectivity index (χ3n) is 5.81. The van der Waals surface area contributed by atoms with Crippen LogP contribution in [0.2, 0.25) is 0 Å². The second-order valence-corrected chi connectivity index (χ2v) is 7.94. The molecule has 1 aliphatic heterocycles. The van der Waals surface area contributed by atoms with Gasteiger partial charge in [0, 0.05) is 25.7 Å². The zero-order chi connectivity index (χ0) is 20.1. The van der Waals surface area contributed by atoms with Crippen LogP contribution in [0, 0.1) is 0 Å². The van der Waals surface area contributed by atoms with E-state index in [9.17, 15) is 4.79 Å². The van der Waals surface area contributed by atoms with Crippen LogP contribution in [0.4, 0.5) is 4.79 Å². The lowest BCUT2D eigenvalue weighted by Crippen LogP contribution is -2.48. The van der Waals surface area contributed by atoms with Crippen molar-refractivity contribution in [2.75, 3.05) is 13.1 Å². The van der Waals surface area contributed by atoms with Crippen molar-refractivity contribution < 1.29 is 4.79 Å². The number of amides is 2. The highest BCUT2D eigenvalue weighted by atomic mass is 16.2. The average Bonchev–Trinajstić information content (AvgIpc) is 2.75. The van der Waals surface area contributed by atoms with Crippen LogP contribution >= 0.6 is 0 Å². The van der Waals surface area contributed by atoms with Crippen LogP contribution in [0.3, 0.4) is 0 Å². The Bertz CT molecular complexity index is 943. The van der Waals surface area contributed by atoms with Gasteiger partial charge in [0.1, 0.15) is 0 Å². The highest BCUT2D eigenvalue weighted by Gasteiger charge is 2.21. The number of fused-ring (bicyclic) bond motifs is 1. The van der Waals surface area contributed by atoms with E-state index < -0.39 is 0 Å². The summed E-state index contributed by atoms with van der Waals surface area (Å²) in [6.07, 6.45) is 1.98. The fourth-order valence-electron chi connectivity index (χ4n) is 4.21. The zero-order valence-corrected chi connectivity index (χ0v) is 17.0. The van der Waals surface area contributed by atoms with Gasteiger partial charge in [-0.05, 0) is 41.7 Å². The number of rotatable bonds is 5. The molecule has 4 heteroatoms. The second-order valence-electron chi connectivity index (χ2n) is 7.94. The van der Waals surface area contributed by atoms with E-state index in [1.807, 2.05) is 19.1 Å². The van der Waals surface area contributed by atoms with E-state index in [1.54, 1.807) is 0 Å². The van der Waals surface area contributed by atoms with Gasteiger partial charge in [-0.3, -0.25) is 4.90 Å². The number of carbonyl (C=O) groups excluding carboxylic acids is 1. The Morgan fingerprint density at radius 3 is 2.45 bits per heavy atom. The number of likely N-dealkylation sites (tertiary alicyclic amines) is 1. The molecule has 1 saturated heterocycles. The number of nitrogens with one attached hydrogen (secondary N) is 2. The quantitative estimate of drug-likeness (QED) is 0.656. The maximum atomic E-state index is 12.6. The lowest BCUT2D eigenvalue weighted by Gasteiger charge is -2.32. The minimum atomic E-state index is -0.0769. The highest BCUT2D eigenvalue weighted by Crippen LogP contribution is 2.24.